The van der Waals surface area contributed by atoms with Gasteiger partial charge in [0.2, 0.25) is 5.91 Å². The predicted molar refractivity (Wildman–Crippen MR) is 100 cm³/mol. The Labute approximate surface area is 147 Å². The van der Waals surface area contributed by atoms with Crippen LogP contribution in [0.4, 0.5) is 0 Å². The third-order valence-corrected chi connectivity index (χ3v) is 4.92. The van der Waals surface area contributed by atoms with Gasteiger partial charge >= 0.3 is 0 Å². The van der Waals surface area contributed by atoms with Crippen LogP contribution in [0.1, 0.15) is 31.7 Å². The molecular formula is C20H33N3O. The highest BCUT2D eigenvalue weighted by Gasteiger charge is 2.23. The minimum Gasteiger partial charge on any atom is -0.352 e. The van der Waals surface area contributed by atoms with Gasteiger partial charge in [-0.2, -0.15) is 0 Å². The summed E-state index contributed by atoms with van der Waals surface area (Å²) in [7, 11) is 4.11. The van der Waals surface area contributed by atoms with Gasteiger partial charge in [0.1, 0.15) is 0 Å². The second-order valence-corrected chi connectivity index (χ2v) is 7.50. The monoisotopic (exact) mass is 331 g/mol. The SMILES string of the molecule is CC(CC(=O)NC(Cc1ccccc1)CN(C)C)C1CCCNC1. The van der Waals surface area contributed by atoms with Crippen LogP contribution in [0.5, 0.6) is 0 Å². The summed E-state index contributed by atoms with van der Waals surface area (Å²) in [6, 6.07) is 10.6. The van der Waals surface area contributed by atoms with E-state index >= 15 is 0 Å². The highest BCUT2D eigenvalue weighted by atomic mass is 16.1. The zero-order valence-electron chi connectivity index (χ0n) is 15.4. The Balaban J connectivity index is 1.86. The van der Waals surface area contributed by atoms with Gasteiger partial charge in [0.25, 0.3) is 0 Å². The Hall–Kier alpha value is -1.39. The Bertz CT molecular complexity index is 483. The van der Waals surface area contributed by atoms with Gasteiger partial charge in [-0.25, -0.2) is 0 Å². The number of nitrogens with zero attached hydrogens (tertiary/aromatic N) is 1. The van der Waals surface area contributed by atoms with Gasteiger partial charge in [-0.05, 0) is 63.8 Å². The summed E-state index contributed by atoms with van der Waals surface area (Å²) in [5.74, 6) is 1.26. The molecule has 2 N–H and O–H groups in total. The number of carbonyl (C=O) groups excluding carboxylic acids is 1. The lowest BCUT2D eigenvalue weighted by atomic mass is 9.85. The lowest BCUT2D eigenvalue weighted by Crippen LogP contribution is -2.44. The summed E-state index contributed by atoms with van der Waals surface area (Å²) >= 11 is 0. The van der Waals surface area contributed by atoms with Crippen LogP contribution in [0, 0.1) is 11.8 Å². The van der Waals surface area contributed by atoms with Gasteiger partial charge in [-0.15, -0.1) is 0 Å². The first kappa shape index (κ1) is 18.9. The number of hydrogen-bond acceptors (Lipinski definition) is 3. The highest BCUT2D eigenvalue weighted by Crippen LogP contribution is 2.22. The zero-order chi connectivity index (χ0) is 17.4. The summed E-state index contributed by atoms with van der Waals surface area (Å²) in [6.45, 7) is 5.26. The fourth-order valence-electron chi connectivity index (χ4n) is 3.61. The van der Waals surface area contributed by atoms with Crippen molar-refractivity contribution in [3.05, 3.63) is 35.9 Å². The summed E-state index contributed by atoms with van der Waals surface area (Å²) in [5.41, 5.74) is 1.27. The van der Waals surface area contributed by atoms with Gasteiger partial charge < -0.3 is 15.5 Å². The molecule has 0 bridgehead atoms. The minimum atomic E-state index is 0.159. The first-order chi connectivity index (χ1) is 11.5. The summed E-state index contributed by atoms with van der Waals surface area (Å²) in [6.07, 6.45) is 3.98. The molecule has 0 aliphatic carbocycles. The van der Waals surface area contributed by atoms with Gasteiger partial charge in [0.05, 0.1) is 0 Å². The Morgan fingerprint density at radius 1 is 1.33 bits per heavy atom. The van der Waals surface area contributed by atoms with Crippen LogP contribution in [0.3, 0.4) is 0 Å². The molecule has 0 aromatic heterocycles. The number of likely N-dealkylation sites (N-methyl/N-ethyl adjacent to an activating group) is 1. The molecule has 1 aliphatic heterocycles. The molecule has 1 aromatic carbocycles. The van der Waals surface area contributed by atoms with Crippen molar-refractivity contribution in [3.63, 3.8) is 0 Å². The van der Waals surface area contributed by atoms with E-state index in [0.717, 1.165) is 26.1 Å². The standard InChI is InChI=1S/C20H33N3O/c1-16(18-10-7-11-21-14-18)12-20(24)22-19(15-23(2)3)13-17-8-5-4-6-9-17/h4-6,8-9,16,18-19,21H,7,10-15H2,1-3H3,(H,22,24). The van der Waals surface area contributed by atoms with E-state index in [0.29, 0.717) is 18.3 Å². The largest absolute Gasteiger partial charge is 0.352 e. The molecule has 4 heteroatoms. The molecule has 1 saturated heterocycles. The first-order valence-corrected chi connectivity index (χ1v) is 9.23. The van der Waals surface area contributed by atoms with Crippen molar-refractivity contribution >= 4 is 5.91 Å². The van der Waals surface area contributed by atoms with Crippen molar-refractivity contribution in [2.45, 2.75) is 38.6 Å². The van der Waals surface area contributed by atoms with E-state index in [2.05, 4.69) is 60.8 Å². The van der Waals surface area contributed by atoms with E-state index in [1.54, 1.807) is 0 Å². The number of piperidine rings is 1. The number of rotatable bonds is 8. The Morgan fingerprint density at radius 3 is 2.71 bits per heavy atom. The molecule has 0 saturated carbocycles. The molecule has 1 amide bonds. The third-order valence-electron chi connectivity index (χ3n) is 4.92. The topological polar surface area (TPSA) is 44.4 Å². The minimum absolute atomic E-state index is 0.159. The van der Waals surface area contributed by atoms with Gasteiger partial charge in [0.15, 0.2) is 0 Å². The normalized spacial score (nSPS) is 20.6. The van der Waals surface area contributed by atoms with Crippen LogP contribution in [0.25, 0.3) is 0 Å². The van der Waals surface area contributed by atoms with Crippen LogP contribution in [-0.2, 0) is 11.2 Å². The van der Waals surface area contributed by atoms with Crippen molar-refractivity contribution in [2.24, 2.45) is 11.8 Å². The average molecular weight is 332 g/mol. The molecule has 1 aromatic rings. The molecule has 3 atom stereocenters. The molecule has 1 fully saturated rings. The van der Waals surface area contributed by atoms with Gasteiger partial charge in [-0.1, -0.05) is 37.3 Å². The lowest BCUT2D eigenvalue weighted by Gasteiger charge is -2.29. The van der Waals surface area contributed by atoms with Crippen molar-refractivity contribution in [1.29, 1.82) is 0 Å². The van der Waals surface area contributed by atoms with E-state index in [-0.39, 0.29) is 11.9 Å². The molecule has 2 rings (SSSR count). The Kier molecular flexibility index (Phi) is 7.73. The van der Waals surface area contributed by atoms with Crippen molar-refractivity contribution < 1.29 is 4.79 Å². The van der Waals surface area contributed by atoms with Crippen LogP contribution >= 0.6 is 0 Å². The molecule has 3 unspecified atom stereocenters. The lowest BCUT2D eigenvalue weighted by molar-refractivity contribution is -0.123. The second-order valence-electron chi connectivity index (χ2n) is 7.50. The average Bonchev–Trinajstić information content (AvgIpc) is 2.55. The fourth-order valence-corrected chi connectivity index (χ4v) is 3.61. The maximum absolute atomic E-state index is 12.5. The van der Waals surface area contributed by atoms with Crippen LogP contribution in [0.15, 0.2) is 30.3 Å². The number of carbonyl (C=O) groups is 1. The molecule has 134 valence electrons. The smallest absolute Gasteiger partial charge is 0.220 e. The Morgan fingerprint density at radius 2 is 2.08 bits per heavy atom. The maximum atomic E-state index is 12.5. The first-order valence-electron chi connectivity index (χ1n) is 9.23. The molecular weight excluding hydrogens is 298 g/mol. The van der Waals surface area contributed by atoms with Crippen LogP contribution in [0.2, 0.25) is 0 Å². The third kappa shape index (κ3) is 6.62. The van der Waals surface area contributed by atoms with E-state index < -0.39 is 0 Å². The second kappa shape index (κ2) is 9.80. The highest BCUT2D eigenvalue weighted by molar-refractivity contribution is 5.76. The summed E-state index contributed by atoms with van der Waals surface area (Å²) in [4.78, 5) is 14.7. The maximum Gasteiger partial charge on any atom is 0.220 e. The number of nitrogens with one attached hydrogen (secondary N) is 2. The quantitative estimate of drug-likeness (QED) is 0.768. The number of benzene rings is 1. The van der Waals surface area contributed by atoms with E-state index in [4.69, 9.17) is 0 Å². The van der Waals surface area contributed by atoms with Gasteiger partial charge in [-0.3, -0.25) is 4.79 Å². The molecule has 24 heavy (non-hydrogen) atoms. The van der Waals surface area contributed by atoms with Gasteiger partial charge in [0, 0.05) is 19.0 Å². The molecule has 4 nitrogen and oxygen atoms in total. The summed E-state index contributed by atoms with van der Waals surface area (Å²) in [5, 5.41) is 6.72. The van der Waals surface area contributed by atoms with E-state index in [1.807, 2.05) is 6.07 Å². The fraction of sp³-hybridized carbons (Fsp3) is 0.650. The zero-order valence-corrected chi connectivity index (χ0v) is 15.4. The molecule has 1 heterocycles. The van der Waals surface area contributed by atoms with E-state index in [9.17, 15) is 4.79 Å². The molecule has 0 radical (unpaired) electrons. The van der Waals surface area contributed by atoms with Crippen molar-refractivity contribution in [2.75, 3.05) is 33.7 Å². The summed E-state index contributed by atoms with van der Waals surface area (Å²) < 4.78 is 0. The molecule has 1 aliphatic rings. The van der Waals surface area contributed by atoms with E-state index in [1.165, 1.54) is 18.4 Å². The van der Waals surface area contributed by atoms with Crippen LogP contribution in [-0.4, -0.2) is 50.6 Å². The number of amides is 1. The van der Waals surface area contributed by atoms with Crippen molar-refractivity contribution in [3.8, 4) is 0 Å². The van der Waals surface area contributed by atoms with Crippen LogP contribution < -0.4 is 10.6 Å². The number of hydrogen-bond donors (Lipinski definition) is 2. The molecule has 0 spiro atoms. The predicted octanol–water partition coefficient (Wildman–Crippen LogP) is 2.30. The van der Waals surface area contributed by atoms with Crippen molar-refractivity contribution in [1.82, 2.24) is 15.5 Å².